The lowest BCUT2D eigenvalue weighted by molar-refractivity contribution is -0.141. The molecule has 0 heterocycles. The first kappa shape index (κ1) is 28.2. The monoisotopic (exact) mass is 577 g/mol. The van der Waals surface area contributed by atoms with Crippen LogP contribution in [0.1, 0.15) is 57.4 Å². The summed E-state index contributed by atoms with van der Waals surface area (Å²) < 4.78 is 27.0. The molecule has 9 heteroatoms. The molecule has 2 amide bonds. The Kier molecular flexibility index (Phi) is 10.4. The summed E-state index contributed by atoms with van der Waals surface area (Å²) in [5.41, 5.74) is 1.48. The molecular weight excluding hydrogens is 542 g/mol. The van der Waals surface area contributed by atoms with Crippen molar-refractivity contribution in [2.24, 2.45) is 0 Å². The van der Waals surface area contributed by atoms with E-state index in [1.807, 2.05) is 30.3 Å². The highest BCUT2D eigenvalue weighted by Gasteiger charge is 2.28. The molecular formula is C27H36BrN3O4S. The SMILES string of the molecule is C[C@H](C(=O)NC1CCCCC1)N(Cc1cccc(Br)c1)C(=O)CCCN(c1ccccc1)S(C)(=O)=O. The number of carbonyl (C=O) groups excluding carboxylic acids is 2. The third-order valence-corrected chi connectivity index (χ3v) is 8.24. The number of sulfonamides is 1. The summed E-state index contributed by atoms with van der Waals surface area (Å²) in [5, 5.41) is 3.14. The quantitative estimate of drug-likeness (QED) is 0.413. The highest BCUT2D eigenvalue weighted by atomic mass is 79.9. The summed E-state index contributed by atoms with van der Waals surface area (Å²) in [5.74, 6) is -0.324. The molecule has 0 saturated heterocycles. The van der Waals surface area contributed by atoms with Crippen molar-refractivity contribution in [2.45, 2.75) is 70.5 Å². The van der Waals surface area contributed by atoms with E-state index in [0.29, 0.717) is 18.7 Å². The van der Waals surface area contributed by atoms with Crippen LogP contribution >= 0.6 is 15.9 Å². The summed E-state index contributed by atoms with van der Waals surface area (Å²) in [6.45, 7) is 2.24. The smallest absolute Gasteiger partial charge is 0.242 e. The van der Waals surface area contributed by atoms with Crippen LogP contribution in [0, 0.1) is 0 Å². The normalized spacial score (nSPS) is 15.2. The Bertz CT molecular complexity index is 1120. The van der Waals surface area contributed by atoms with Crippen LogP contribution in [0.4, 0.5) is 5.69 Å². The predicted molar refractivity (Wildman–Crippen MR) is 147 cm³/mol. The number of anilines is 1. The Balaban J connectivity index is 1.70. The molecule has 0 aliphatic heterocycles. The molecule has 1 fully saturated rings. The van der Waals surface area contributed by atoms with Gasteiger partial charge in [0.25, 0.3) is 0 Å². The Hall–Kier alpha value is -2.39. The van der Waals surface area contributed by atoms with Gasteiger partial charge in [-0.1, -0.05) is 65.5 Å². The van der Waals surface area contributed by atoms with Crippen LogP contribution < -0.4 is 9.62 Å². The van der Waals surface area contributed by atoms with Crippen molar-refractivity contribution in [3.05, 3.63) is 64.6 Å². The number of para-hydroxylation sites is 1. The van der Waals surface area contributed by atoms with Gasteiger partial charge in [0, 0.05) is 30.0 Å². The van der Waals surface area contributed by atoms with Gasteiger partial charge in [-0.25, -0.2) is 8.42 Å². The van der Waals surface area contributed by atoms with Crippen LogP contribution in [0.15, 0.2) is 59.1 Å². The number of hydrogen-bond donors (Lipinski definition) is 1. The lowest BCUT2D eigenvalue weighted by Gasteiger charge is -2.31. The standard InChI is InChI=1S/C27H36BrN3O4S/c1-21(27(33)29-24-13-5-3-6-14-24)30(20-22-11-9-12-23(28)19-22)26(32)17-10-18-31(36(2,34)35)25-15-7-4-8-16-25/h4,7-9,11-12,15-16,19,21,24H,3,5-6,10,13-14,17-18,20H2,1-2H3,(H,29,33)/t21-/m1/s1. The van der Waals surface area contributed by atoms with Gasteiger partial charge in [0.05, 0.1) is 11.9 Å². The first-order chi connectivity index (χ1) is 17.1. The van der Waals surface area contributed by atoms with Crippen LogP contribution in [0.3, 0.4) is 0 Å². The summed E-state index contributed by atoms with van der Waals surface area (Å²) in [7, 11) is -3.50. The van der Waals surface area contributed by atoms with Crippen LogP contribution in [0.25, 0.3) is 0 Å². The third kappa shape index (κ3) is 8.34. The van der Waals surface area contributed by atoms with Crippen molar-refractivity contribution < 1.29 is 18.0 Å². The maximum absolute atomic E-state index is 13.4. The van der Waals surface area contributed by atoms with E-state index in [1.165, 1.54) is 17.0 Å². The molecule has 1 saturated carbocycles. The topological polar surface area (TPSA) is 86.8 Å². The first-order valence-corrected chi connectivity index (χ1v) is 15.2. The van der Waals surface area contributed by atoms with Gasteiger partial charge < -0.3 is 10.2 Å². The molecule has 1 aliphatic rings. The van der Waals surface area contributed by atoms with Gasteiger partial charge in [-0.3, -0.25) is 13.9 Å². The number of amides is 2. The van der Waals surface area contributed by atoms with E-state index in [2.05, 4.69) is 21.2 Å². The first-order valence-electron chi connectivity index (χ1n) is 12.5. The molecule has 36 heavy (non-hydrogen) atoms. The van der Waals surface area contributed by atoms with Crippen LogP contribution in [-0.2, 0) is 26.2 Å². The number of nitrogens with one attached hydrogen (secondary N) is 1. The van der Waals surface area contributed by atoms with Crippen molar-refractivity contribution in [3.8, 4) is 0 Å². The molecule has 7 nitrogen and oxygen atoms in total. The van der Waals surface area contributed by atoms with E-state index in [0.717, 1.165) is 35.7 Å². The number of rotatable bonds is 11. The van der Waals surface area contributed by atoms with Crippen molar-refractivity contribution in [1.29, 1.82) is 0 Å². The highest BCUT2D eigenvalue weighted by Crippen LogP contribution is 2.21. The molecule has 0 radical (unpaired) electrons. The zero-order valence-electron chi connectivity index (χ0n) is 21.0. The second-order valence-electron chi connectivity index (χ2n) is 9.45. The van der Waals surface area contributed by atoms with E-state index < -0.39 is 16.1 Å². The summed E-state index contributed by atoms with van der Waals surface area (Å²) in [6, 6.07) is 16.1. The second-order valence-corrected chi connectivity index (χ2v) is 12.3. The maximum Gasteiger partial charge on any atom is 0.242 e. The van der Waals surface area contributed by atoms with E-state index in [-0.39, 0.29) is 30.8 Å². The van der Waals surface area contributed by atoms with Gasteiger partial charge >= 0.3 is 0 Å². The predicted octanol–water partition coefficient (Wildman–Crippen LogP) is 4.86. The third-order valence-electron chi connectivity index (χ3n) is 6.56. The minimum absolute atomic E-state index is 0.133. The highest BCUT2D eigenvalue weighted by molar-refractivity contribution is 9.10. The van der Waals surface area contributed by atoms with E-state index in [1.54, 1.807) is 36.1 Å². The van der Waals surface area contributed by atoms with Gasteiger partial charge in [0.2, 0.25) is 21.8 Å². The van der Waals surface area contributed by atoms with E-state index in [9.17, 15) is 18.0 Å². The lowest BCUT2D eigenvalue weighted by atomic mass is 9.95. The van der Waals surface area contributed by atoms with Crippen molar-refractivity contribution >= 4 is 43.5 Å². The van der Waals surface area contributed by atoms with Crippen molar-refractivity contribution in [3.63, 3.8) is 0 Å². The van der Waals surface area contributed by atoms with Crippen LogP contribution in [0.2, 0.25) is 0 Å². The fraction of sp³-hybridized carbons (Fsp3) is 0.481. The minimum atomic E-state index is -3.50. The number of nitrogens with zero attached hydrogens (tertiary/aromatic N) is 2. The largest absolute Gasteiger partial charge is 0.352 e. The van der Waals surface area contributed by atoms with Gasteiger partial charge in [-0.05, 0) is 56.0 Å². The zero-order valence-corrected chi connectivity index (χ0v) is 23.4. The molecule has 0 unspecified atom stereocenters. The Morgan fingerprint density at radius 3 is 2.39 bits per heavy atom. The average Bonchev–Trinajstić information content (AvgIpc) is 2.85. The lowest BCUT2D eigenvalue weighted by Crippen LogP contribution is -2.50. The van der Waals surface area contributed by atoms with Gasteiger partial charge in [-0.15, -0.1) is 0 Å². The Morgan fingerprint density at radius 1 is 1.06 bits per heavy atom. The molecule has 3 rings (SSSR count). The fourth-order valence-electron chi connectivity index (χ4n) is 4.58. The van der Waals surface area contributed by atoms with Crippen molar-refractivity contribution in [2.75, 3.05) is 17.1 Å². The molecule has 0 bridgehead atoms. The number of hydrogen-bond acceptors (Lipinski definition) is 4. The molecule has 196 valence electrons. The van der Waals surface area contributed by atoms with Crippen LogP contribution in [-0.4, -0.2) is 50.0 Å². The molecule has 1 atom stereocenters. The van der Waals surface area contributed by atoms with Crippen LogP contribution in [0.5, 0.6) is 0 Å². The molecule has 2 aromatic carbocycles. The van der Waals surface area contributed by atoms with Crippen molar-refractivity contribution in [1.82, 2.24) is 10.2 Å². The second kappa shape index (κ2) is 13.2. The fourth-order valence-corrected chi connectivity index (χ4v) is 5.99. The molecule has 0 aromatic heterocycles. The van der Waals surface area contributed by atoms with Gasteiger partial charge in [0.15, 0.2) is 0 Å². The molecule has 2 aromatic rings. The minimum Gasteiger partial charge on any atom is -0.352 e. The average molecular weight is 579 g/mol. The summed E-state index contributed by atoms with van der Waals surface area (Å²) >= 11 is 3.47. The van der Waals surface area contributed by atoms with Gasteiger partial charge in [0.1, 0.15) is 6.04 Å². The number of carbonyl (C=O) groups is 2. The molecule has 0 spiro atoms. The summed E-state index contributed by atoms with van der Waals surface area (Å²) in [6.07, 6.45) is 7.00. The Labute approximate surface area is 223 Å². The number of halogens is 1. The zero-order chi connectivity index (χ0) is 26.1. The summed E-state index contributed by atoms with van der Waals surface area (Å²) in [4.78, 5) is 28.1. The molecule has 1 aliphatic carbocycles. The molecule has 1 N–H and O–H groups in total. The van der Waals surface area contributed by atoms with Gasteiger partial charge in [-0.2, -0.15) is 0 Å². The van der Waals surface area contributed by atoms with E-state index >= 15 is 0 Å². The number of benzene rings is 2. The Morgan fingerprint density at radius 2 is 1.75 bits per heavy atom. The maximum atomic E-state index is 13.4. The van der Waals surface area contributed by atoms with E-state index in [4.69, 9.17) is 0 Å².